The third-order valence-electron chi connectivity index (χ3n) is 6.70. The van der Waals surface area contributed by atoms with Crippen LogP contribution in [0.3, 0.4) is 0 Å². The Hall–Kier alpha value is -3.71. The first-order valence-corrected chi connectivity index (χ1v) is 12.0. The normalized spacial score (nSPS) is 18.9. The van der Waals surface area contributed by atoms with Gasteiger partial charge in [-0.2, -0.15) is 0 Å². The van der Waals surface area contributed by atoms with Crippen LogP contribution in [0.15, 0.2) is 72.8 Å². The van der Waals surface area contributed by atoms with Crippen LogP contribution in [-0.2, 0) is 22.6 Å². The molecule has 6 nitrogen and oxygen atoms in total. The summed E-state index contributed by atoms with van der Waals surface area (Å²) in [7, 11) is 0. The third kappa shape index (κ3) is 5.05. The van der Waals surface area contributed by atoms with Gasteiger partial charge in [0.1, 0.15) is 12.4 Å². The minimum atomic E-state index is -0.397. The van der Waals surface area contributed by atoms with Gasteiger partial charge in [0.05, 0.1) is 12.0 Å². The van der Waals surface area contributed by atoms with Crippen molar-refractivity contribution in [1.29, 1.82) is 0 Å². The lowest BCUT2D eigenvalue weighted by Crippen LogP contribution is -2.44. The van der Waals surface area contributed by atoms with E-state index in [0.717, 1.165) is 28.8 Å². The lowest BCUT2D eigenvalue weighted by Gasteiger charge is -2.36. The minimum Gasteiger partial charge on any atom is -0.366 e. The number of aryl methyl sites for hydroxylation is 1. The van der Waals surface area contributed by atoms with E-state index in [1.54, 1.807) is 6.07 Å². The summed E-state index contributed by atoms with van der Waals surface area (Å²) in [6.45, 7) is 3.58. The number of halogens is 1. The van der Waals surface area contributed by atoms with Gasteiger partial charge < -0.3 is 10.2 Å². The number of carbonyl (C=O) groups excluding carboxylic acids is 2. The number of hydrogen-bond donors (Lipinski definition) is 2. The second-order valence-electron chi connectivity index (χ2n) is 9.30. The number of anilines is 1. The Morgan fingerprint density at radius 1 is 1.06 bits per heavy atom. The van der Waals surface area contributed by atoms with Crippen molar-refractivity contribution in [1.82, 2.24) is 15.8 Å². The van der Waals surface area contributed by atoms with E-state index in [9.17, 15) is 14.0 Å². The van der Waals surface area contributed by atoms with Crippen LogP contribution in [0.25, 0.3) is 0 Å². The Labute approximate surface area is 204 Å². The fourth-order valence-electron chi connectivity index (χ4n) is 5.03. The van der Waals surface area contributed by atoms with Gasteiger partial charge in [-0.15, -0.1) is 0 Å². The molecule has 2 aliphatic rings. The second kappa shape index (κ2) is 9.88. The number of hydrogen-bond acceptors (Lipinski definition) is 4. The monoisotopic (exact) mass is 472 g/mol. The van der Waals surface area contributed by atoms with Gasteiger partial charge in [0, 0.05) is 25.3 Å². The van der Waals surface area contributed by atoms with Gasteiger partial charge in [0.2, 0.25) is 11.8 Å². The predicted octanol–water partition coefficient (Wildman–Crippen LogP) is 3.52. The highest BCUT2D eigenvalue weighted by Gasteiger charge is 2.46. The number of hydrazine groups is 1. The molecule has 0 spiro atoms. The molecular formula is C28H29FN4O2. The first-order chi connectivity index (χ1) is 17.0. The van der Waals surface area contributed by atoms with E-state index < -0.39 is 5.92 Å². The summed E-state index contributed by atoms with van der Waals surface area (Å²) in [6, 6.07) is 22.5. The summed E-state index contributed by atoms with van der Waals surface area (Å²) < 4.78 is 14.2. The molecule has 0 aliphatic carbocycles. The molecule has 2 heterocycles. The van der Waals surface area contributed by atoms with Crippen molar-refractivity contribution in [3.63, 3.8) is 0 Å². The number of fused-ring (bicyclic) bond motifs is 3. The van der Waals surface area contributed by atoms with Gasteiger partial charge in [-0.05, 0) is 48.2 Å². The Morgan fingerprint density at radius 3 is 2.66 bits per heavy atom. The zero-order valence-electron chi connectivity index (χ0n) is 19.7. The molecule has 0 radical (unpaired) electrons. The lowest BCUT2D eigenvalue weighted by molar-refractivity contribution is -0.136. The molecule has 2 amide bonds. The second-order valence-corrected chi connectivity index (χ2v) is 9.30. The van der Waals surface area contributed by atoms with Gasteiger partial charge in [-0.1, -0.05) is 60.2 Å². The topological polar surface area (TPSA) is 64.7 Å². The van der Waals surface area contributed by atoms with E-state index >= 15 is 0 Å². The van der Waals surface area contributed by atoms with E-state index in [-0.39, 0.29) is 30.2 Å². The quantitative estimate of drug-likeness (QED) is 0.552. The summed E-state index contributed by atoms with van der Waals surface area (Å²) in [4.78, 5) is 28.0. The zero-order valence-corrected chi connectivity index (χ0v) is 19.7. The maximum atomic E-state index is 14.2. The van der Waals surface area contributed by atoms with Crippen molar-refractivity contribution in [3.05, 3.63) is 101 Å². The lowest BCUT2D eigenvalue weighted by atomic mass is 9.87. The van der Waals surface area contributed by atoms with Crippen LogP contribution in [0.1, 0.15) is 28.3 Å². The van der Waals surface area contributed by atoms with Crippen LogP contribution in [0.5, 0.6) is 0 Å². The summed E-state index contributed by atoms with van der Waals surface area (Å²) in [5, 5.41) is 4.28. The molecule has 0 bridgehead atoms. The summed E-state index contributed by atoms with van der Waals surface area (Å²) in [6.07, 6.45) is 0.722. The highest BCUT2D eigenvalue weighted by atomic mass is 19.1. The molecule has 1 fully saturated rings. The van der Waals surface area contributed by atoms with Crippen molar-refractivity contribution in [2.75, 3.05) is 24.5 Å². The molecule has 0 aromatic heterocycles. The average Bonchev–Trinajstić information content (AvgIpc) is 3.15. The van der Waals surface area contributed by atoms with Crippen LogP contribution in [0.2, 0.25) is 0 Å². The Bertz CT molecular complexity index is 1230. The van der Waals surface area contributed by atoms with E-state index in [4.69, 9.17) is 0 Å². The van der Waals surface area contributed by atoms with Gasteiger partial charge in [-0.25, -0.2) is 9.82 Å². The molecule has 35 heavy (non-hydrogen) atoms. The highest BCUT2D eigenvalue weighted by molar-refractivity contribution is 5.88. The predicted molar refractivity (Wildman–Crippen MR) is 133 cm³/mol. The molecule has 2 unspecified atom stereocenters. The molecule has 3 aromatic carbocycles. The van der Waals surface area contributed by atoms with Crippen LogP contribution in [-0.4, -0.2) is 36.5 Å². The zero-order chi connectivity index (χ0) is 24.4. The molecule has 180 valence electrons. The van der Waals surface area contributed by atoms with E-state index in [1.165, 1.54) is 22.7 Å². The van der Waals surface area contributed by atoms with Crippen LogP contribution < -0.4 is 15.6 Å². The molecule has 1 saturated heterocycles. The molecule has 3 aromatic rings. The van der Waals surface area contributed by atoms with Gasteiger partial charge in [-0.3, -0.25) is 14.6 Å². The molecule has 2 aliphatic heterocycles. The Kier molecular flexibility index (Phi) is 6.51. The number of nitrogens with one attached hydrogen (secondary N) is 2. The Balaban J connectivity index is 1.28. The molecule has 0 saturated carbocycles. The average molecular weight is 473 g/mol. The van der Waals surface area contributed by atoms with E-state index in [0.29, 0.717) is 19.6 Å². The summed E-state index contributed by atoms with van der Waals surface area (Å²) in [5.74, 6) is -1.11. The third-order valence-corrected chi connectivity index (χ3v) is 6.70. The first kappa shape index (κ1) is 23.1. The minimum absolute atomic E-state index is 0.0802. The van der Waals surface area contributed by atoms with Crippen LogP contribution in [0, 0.1) is 18.7 Å². The maximum absolute atomic E-state index is 14.2. The van der Waals surface area contributed by atoms with Crippen molar-refractivity contribution >= 4 is 17.5 Å². The smallest absolute Gasteiger partial charge is 0.244 e. The number of amides is 2. The SMILES string of the molecule is Cc1cccc(CN2CC3C(=O)N(CC(=O)NCCc4ccccc4)NC3c3cc(F)ccc32)c1. The van der Waals surface area contributed by atoms with Crippen molar-refractivity contribution in [3.8, 4) is 0 Å². The summed E-state index contributed by atoms with van der Waals surface area (Å²) in [5.41, 5.74) is 8.28. The fourth-order valence-corrected chi connectivity index (χ4v) is 5.03. The van der Waals surface area contributed by atoms with Gasteiger partial charge in [0.25, 0.3) is 0 Å². The standard InChI is InChI=1S/C28H29FN4O2/c1-19-6-5-9-21(14-19)16-32-17-24-27(23-15-22(29)10-11-25(23)32)31-33(28(24)35)18-26(34)30-13-12-20-7-3-2-4-8-20/h2-11,14-15,24,27,31H,12-13,16-18H2,1H3,(H,30,34). The first-order valence-electron chi connectivity index (χ1n) is 12.0. The van der Waals surface area contributed by atoms with Crippen LogP contribution >= 0.6 is 0 Å². The number of benzene rings is 3. The molecule has 7 heteroatoms. The van der Waals surface area contributed by atoms with Crippen molar-refractivity contribution in [2.24, 2.45) is 5.92 Å². The number of nitrogens with zero attached hydrogens (tertiary/aromatic N) is 2. The number of carbonyl (C=O) groups is 2. The molecular weight excluding hydrogens is 443 g/mol. The Morgan fingerprint density at radius 2 is 1.86 bits per heavy atom. The summed E-state index contributed by atoms with van der Waals surface area (Å²) >= 11 is 0. The van der Waals surface area contributed by atoms with Crippen LogP contribution in [0.4, 0.5) is 10.1 Å². The van der Waals surface area contributed by atoms with E-state index in [2.05, 4.69) is 27.8 Å². The molecule has 5 rings (SSSR count). The van der Waals surface area contributed by atoms with E-state index in [1.807, 2.05) is 49.4 Å². The van der Waals surface area contributed by atoms with Crippen molar-refractivity contribution < 1.29 is 14.0 Å². The van der Waals surface area contributed by atoms with Gasteiger partial charge in [0.15, 0.2) is 0 Å². The molecule has 2 atom stereocenters. The fraction of sp³-hybridized carbons (Fsp3) is 0.286. The molecule has 2 N–H and O–H groups in total. The highest BCUT2D eigenvalue weighted by Crippen LogP contribution is 2.41. The van der Waals surface area contributed by atoms with Crippen molar-refractivity contribution in [2.45, 2.75) is 25.9 Å². The number of rotatable bonds is 7. The largest absolute Gasteiger partial charge is 0.366 e. The van der Waals surface area contributed by atoms with Gasteiger partial charge >= 0.3 is 0 Å². The maximum Gasteiger partial charge on any atom is 0.244 e.